The van der Waals surface area contributed by atoms with Crippen molar-refractivity contribution in [3.05, 3.63) is 48.6 Å². The third-order valence-corrected chi connectivity index (χ3v) is 15.8. The van der Waals surface area contributed by atoms with Gasteiger partial charge in [-0.2, -0.15) is 0 Å². The Hall–Kier alpha value is -2.63. The molecule has 462 valence electrons. The molecule has 0 N–H and O–H groups in total. The third-order valence-electron chi connectivity index (χ3n) is 15.8. The number of unbranched alkanes of at least 4 members (excludes halogenated alkanes) is 46. The molecule has 0 fully saturated rings. The van der Waals surface area contributed by atoms with Crippen LogP contribution in [0.5, 0.6) is 0 Å². The number of ether oxygens (including phenoxy) is 3. The molecule has 1 unspecified atom stereocenters. The van der Waals surface area contributed by atoms with Gasteiger partial charge in [-0.3, -0.25) is 14.4 Å². The van der Waals surface area contributed by atoms with Crippen LogP contribution in [0.3, 0.4) is 0 Å². The first kappa shape index (κ1) is 76.4. The molecule has 0 spiro atoms. The fourth-order valence-corrected chi connectivity index (χ4v) is 10.6. The highest BCUT2D eigenvalue weighted by atomic mass is 16.6. The van der Waals surface area contributed by atoms with Crippen molar-refractivity contribution in [1.82, 2.24) is 0 Å². The normalized spacial score (nSPS) is 12.3. The van der Waals surface area contributed by atoms with Crippen molar-refractivity contribution in [3.8, 4) is 0 Å². The molecule has 0 aliphatic carbocycles. The molecule has 0 aliphatic rings. The van der Waals surface area contributed by atoms with Gasteiger partial charge in [-0.1, -0.05) is 352 Å². The van der Waals surface area contributed by atoms with E-state index < -0.39 is 6.10 Å². The van der Waals surface area contributed by atoms with Gasteiger partial charge in [-0.15, -0.1) is 0 Å². The topological polar surface area (TPSA) is 78.9 Å². The van der Waals surface area contributed by atoms with E-state index in [1.807, 2.05) is 0 Å². The Balaban J connectivity index is 4.29. The molecule has 79 heavy (non-hydrogen) atoms. The molecule has 0 aliphatic heterocycles. The Morgan fingerprint density at radius 3 is 0.772 bits per heavy atom. The lowest BCUT2D eigenvalue weighted by Crippen LogP contribution is -2.30. The predicted molar refractivity (Wildman–Crippen MR) is 344 cm³/mol. The largest absolute Gasteiger partial charge is 0.462 e. The SMILES string of the molecule is CC/C=C\C/C=C\C/C=C\C/C=C\CCCCCCCCCCCCCCC(=O)OCC(COC(=O)CCCCCCCCCCCCCCCCCCC)OC(=O)CCCCCCCCCCCCCCCCCCCCC. The minimum Gasteiger partial charge on any atom is -0.462 e. The average molecular weight is 1110 g/mol. The maximum atomic E-state index is 13.0. The monoisotopic (exact) mass is 1110 g/mol. The van der Waals surface area contributed by atoms with Gasteiger partial charge in [0, 0.05) is 19.3 Å². The molecule has 6 heteroatoms. The summed E-state index contributed by atoms with van der Waals surface area (Å²) in [5.74, 6) is -0.838. The predicted octanol–water partition coefficient (Wildman–Crippen LogP) is 24.1. The molecule has 0 heterocycles. The molecule has 0 aromatic heterocycles. The van der Waals surface area contributed by atoms with Crippen molar-refractivity contribution in [2.45, 2.75) is 386 Å². The van der Waals surface area contributed by atoms with Crippen molar-refractivity contribution in [3.63, 3.8) is 0 Å². The van der Waals surface area contributed by atoms with Crippen molar-refractivity contribution in [2.75, 3.05) is 13.2 Å². The van der Waals surface area contributed by atoms with E-state index in [1.54, 1.807) is 0 Å². The number of rotatable bonds is 65. The lowest BCUT2D eigenvalue weighted by molar-refractivity contribution is -0.167. The first-order valence-corrected chi connectivity index (χ1v) is 35.1. The van der Waals surface area contributed by atoms with E-state index in [2.05, 4.69) is 69.4 Å². The Bertz CT molecular complexity index is 1360. The van der Waals surface area contributed by atoms with Crippen LogP contribution in [0.4, 0.5) is 0 Å². The van der Waals surface area contributed by atoms with Crippen LogP contribution in [0.15, 0.2) is 48.6 Å². The Morgan fingerprint density at radius 2 is 0.494 bits per heavy atom. The zero-order valence-corrected chi connectivity index (χ0v) is 53.2. The van der Waals surface area contributed by atoms with Crippen molar-refractivity contribution in [1.29, 1.82) is 0 Å². The molecule has 0 aromatic rings. The summed E-state index contributed by atoms with van der Waals surface area (Å²) in [6, 6.07) is 0. The molecule has 0 bridgehead atoms. The first-order chi connectivity index (χ1) is 39.0. The second-order valence-corrected chi connectivity index (χ2v) is 23.8. The number of hydrogen-bond acceptors (Lipinski definition) is 6. The first-order valence-electron chi connectivity index (χ1n) is 35.1. The lowest BCUT2D eigenvalue weighted by Gasteiger charge is -2.18. The molecular formula is C73H134O6. The molecule has 0 saturated heterocycles. The van der Waals surface area contributed by atoms with Crippen LogP contribution in [-0.4, -0.2) is 37.2 Å². The van der Waals surface area contributed by atoms with E-state index in [0.29, 0.717) is 19.3 Å². The van der Waals surface area contributed by atoms with Crippen LogP contribution in [0, 0.1) is 0 Å². The van der Waals surface area contributed by atoms with E-state index in [4.69, 9.17) is 14.2 Å². The summed E-state index contributed by atoms with van der Waals surface area (Å²) < 4.78 is 17.0. The van der Waals surface area contributed by atoms with Gasteiger partial charge in [0.25, 0.3) is 0 Å². The van der Waals surface area contributed by atoms with Gasteiger partial charge in [-0.05, 0) is 57.8 Å². The fraction of sp³-hybridized carbons (Fsp3) is 0.849. The molecule has 0 radical (unpaired) electrons. The van der Waals surface area contributed by atoms with Gasteiger partial charge in [0.1, 0.15) is 13.2 Å². The van der Waals surface area contributed by atoms with Crippen molar-refractivity contribution >= 4 is 17.9 Å². The van der Waals surface area contributed by atoms with Crippen LogP contribution in [-0.2, 0) is 28.6 Å². The summed E-state index contributed by atoms with van der Waals surface area (Å²) >= 11 is 0. The quantitative estimate of drug-likeness (QED) is 0.0261. The van der Waals surface area contributed by atoms with E-state index >= 15 is 0 Å². The minimum absolute atomic E-state index is 0.0668. The van der Waals surface area contributed by atoms with Crippen LogP contribution >= 0.6 is 0 Å². The number of hydrogen-bond donors (Lipinski definition) is 0. The van der Waals surface area contributed by atoms with E-state index in [9.17, 15) is 14.4 Å². The van der Waals surface area contributed by atoms with Crippen LogP contribution in [0.2, 0.25) is 0 Å². The summed E-state index contributed by atoms with van der Waals surface area (Å²) in [5, 5.41) is 0. The van der Waals surface area contributed by atoms with Crippen molar-refractivity contribution < 1.29 is 28.6 Å². The summed E-state index contributed by atoms with van der Waals surface area (Å²) in [4.78, 5) is 38.5. The van der Waals surface area contributed by atoms with E-state index in [0.717, 1.165) is 83.5 Å². The standard InChI is InChI=1S/C73H134O6/c1-4-7-10-13-16-19-22-25-28-31-33-34-35-36-37-38-40-42-45-48-51-54-57-60-63-66-72(75)78-69-70(68-77-71(74)65-62-59-56-53-50-47-44-41-30-27-24-21-18-15-12-9-6-3)79-73(76)67-64-61-58-55-52-49-46-43-39-32-29-26-23-20-17-14-11-8-5-2/h7,10,16,19,25,28,33-34,70H,4-6,8-9,11-15,17-18,20-24,26-27,29-32,35-69H2,1-3H3/b10-7-,19-16-,28-25-,34-33-. The molecule has 0 rings (SSSR count). The highest BCUT2D eigenvalue weighted by molar-refractivity contribution is 5.71. The Kier molecular flexibility index (Phi) is 65.6. The van der Waals surface area contributed by atoms with Gasteiger partial charge < -0.3 is 14.2 Å². The molecule has 6 nitrogen and oxygen atoms in total. The zero-order chi connectivity index (χ0) is 57.1. The number of carbonyl (C=O) groups is 3. The maximum absolute atomic E-state index is 13.0. The van der Waals surface area contributed by atoms with E-state index in [-0.39, 0.29) is 31.1 Å². The maximum Gasteiger partial charge on any atom is 0.306 e. The van der Waals surface area contributed by atoms with Crippen molar-refractivity contribution in [2.24, 2.45) is 0 Å². The smallest absolute Gasteiger partial charge is 0.306 e. The molecule has 1 atom stereocenters. The van der Waals surface area contributed by atoms with Gasteiger partial charge in [-0.25, -0.2) is 0 Å². The summed E-state index contributed by atoms with van der Waals surface area (Å²) in [7, 11) is 0. The van der Waals surface area contributed by atoms with Gasteiger partial charge in [0.05, 0.1) is 0 Å². The van der Waals surface area contributed by atoms with Gasteiger partial charge >= 0.3 is 17.9 Å². The highest BCUT2D eigenvalue weighted by Crippen LogP contribution is 2.19. The fourth-order valence-electron chi connectivity index (χ4n) is 10.6. The third kappa shape index (κ3) is 66.1. The Morgan fingerprint density at radius 1 is 0.266 bits per heavy atom. The van der Waals surface area contributed by atoms with Crippen LogP contribution in [0.25, 0.3) is 0 Å². The molecule has 0 aromatic carbocycles. The molecule has 0 saturated carbocycles. The van der Waals surface area contributed by atoms with Gasteiger partial charge in [0.15, 0.2) is 6.10 Å². The van der Waals surface area contributed by atoms with E-state index in [1.165, 1.54) is 257 Å². The number of carbonyl (C=O) groups excluding carboxylic acids is 3. The zero-order valence-electron chi connectivity index (χ0n) is 53.2. The summed E-state index contributed by atoms with van der Waals surface area (Å²) in [6.07, 6.45) is 85.6. The Labute approximate surface area is 492 Å². The average Bonchev–Trinajstić information content (AvgIpc) is 3.45. The number of allylic oxidation sites excluding steroid dienone is 8. The lowest BCUT2D eigenvalue weighted by atomic mass is 10.0. The number of esters is 3. The molecule has 0 amide bonds. The van der Waals surface area contributed by atoms with Gasteiger partial charge in [0.2, 0.25) is 0 Å². The summed E-state index contributed by atoms with van der Waals surface area (Å²) in [5.41, 5.74) is 0. The second kappa shape index (κ2) is 67.9. The second-order valence-electron chi connectivity index (χ2n) is 23.8. The minimum atomic E-state index is -0.771. The van der Waals surface area contributed by atoms with Crippen LogP contribution < -0.4 is 0 Å². The summed E-state index contributed by atoms with van der Waals surface area (Å²) in [6.45, 7) is 6.61. The highest BCUT2D eigenvalue weighted by Gasteiger charge is 2.19. The molecular weight excluding hydrogens is 973 g/mol. The van der Waals surface area contributed by atoms with Crippen LogP contribution in [0.1, 0.15) is 380 Å².